The molecule has 0 aliphatic carbocycles. The predicted octanol–water partition coefficient (Wildman–Crippen LogP) is 10.9. The summed E-state index contributed by atoms with van der Waals surface area (Å²) in [5.41, 5.74) is 12.0. The minimum atomic E-state index is -0.134. The summed E-state index contributed by atoms with van der Waals surface area (Å²) in [5.74, 6) is 0. The average molecular weight is 529 g/mol. The number of fused-ring (bicyclic) bond motifs is 2. The SMILES string of the molecule is CC1(C)c2ccccc2N(c2ccccc2)c2ccc(-c3ccc(N(c4ccccc4)c4ccccc4)cc3)cc21. The topological polar surface area (TPSA) is 6.48 Å². The molecule has 198 valence electrons. The van der Waals surface area contributed by atoms with Gasteiger partial charge in [-0.1, -0.05) is 105 Å². The third-order valence-corrected chi connectivity index (χ3v) is 8.23. The number of hydrogen-bond acceptors (Lipinski definition) is 2. The molecular weight excluding hydrogens is 496 g/mol. The molecule has 7 rings (SSSR count). The molecule has 0 unspecified atom stereocenters. The second kappa shape index (κ2) is 10.1. The summed E-state index contributed by atoms with van der Waals surface area (Å²) < 4.78 is 0. The summed E-state index contributed by atoms with van der Waals surface area (Å²) >= 11 is 0. The molecule has 2 nitrogen and oxygen atoms in total. The molecule has 6 aromatic carbocycles. The van der Waals surface area contributed by atoms with Crippen molar-refractivity contribution in [3.05, 3.63) is 169 Å². The fourth-order valence-electron chi connectivity index (χ4n) is 6.14. The zero-order valence-electron chi connectivity index (χ0n) is 23.4. The molecule has 0 N–H and O–H groups in total. The maximum atomic E-state index is 2.40. The molecule has 0 fully saturated rings. The van der Waals surface area contributed by atoms with Crippen molar-refractivity contribution in [1.82, 2.24) is 0 Å². The number of anilines is 6. The van der Waals surface area contributed by atoms with Crippen LogP contribution in [-0.4, -0.2) is 0 Å². The van der Waals surface area contributed by atoms with Crippen molar-refractivity contribution >= 4 is 34.1 Å². The van der Waals surface area contributed by atoms with Crippen LogP contribution in [0.5, 0.6) is 0 Å². The normalized spacial score (nSPS) is 13.3. The van der Waals surface area contributed by atoms with Crippen molar-refractivity contribution in [1.29, 1.82) is 0 Å². The lowest BCUT2D eigenvalue weighted by Gasteiger charge is -2.42. The van der Waals surface area contributed by atoms with Gasteiger partial charge in [0.2, 0.25) is 0 Å². The number of benzene rings is 6. The third-order valence-electron chi connectivity index (χ3n) is 8.23. The van der Waals surface area contributed by atoms with Crippen LogP contribution in [-0.2, 0) is 5.41 Å². The number of hydrogen-bond donors (Lipinski definition) is 0. The maximum absolute atomic E-state index is 2.40. The van der Waals surface area contributed by atoms with Crippen molar-refractivity contribution in [3.63, 3.8) is 0 Å². The highest BCUT2D eigenvalue weighted by Gasteiger charge is 2.36. The quantitative estimate of drug-likeness (QED) is 0.220. The molecule has 6 aromatic rings. The monoisotopic (exact) mass is 528 g/mol. The standard InChI is InChI=1S/C39H32N2/c1-39(2)35-20-12-13-21-37(35)41(33-18-10-5-11-19-33)38-27-24-30(28-36(38)39)29-22-25-34(26-23-29)40(31-14-6-3-7-15-31)32-16-8-4-9-17-32/h3-28H,1-2H3. The molecule has 0 amide bonds. The van der Waals surface area contributed by atoms with Gasteiger partial charge in [-0.2, -0.15) is 0 Å². The Morgan fingerprint density at radius 3 is 1.56 bits per heavy atom. The van der Waals surface area contributed by atoms with Crippen molar-refractivity contribution in [2.45, 2.75) is 19.3 Å². The predicted molar refractivity (Wildman–Crippen MR) is 173 cm³/mol. The van der Waals surface area contributed by atoms with Crippen LogP contribution >= 0.6 is 0 Å². The first-order chi connectivity index (χ1) is 20.1. The van der Waals surface area contributed by atoms with Crippen LogP contribution in [0, 0.1) is 0 Å². The highest BCUT2D eigenvalue weighted by molar-refractivity contribution is 5.87. The van der Waals surface area contributed by atoms with Crippen molar-refractivity contribution in [2.75, 3.05) is 9.80 Å². The molecule has 1 aliphatic rings. The first-order valence-electron chi connectivity index (χ1n) is 14.2. The first-order valence-corrected chi connectivity index (χ1v) is 14.2. The highest BCUT2D eigenvalue weighted by atomic mass is 15.2. The summed E-state index contributed by atoms with van der Waals surface area (Å²) in [5, 5.41) is 0. The number of para-hydroxylation sites is 4. The molecule has 41 heavy (non-hydrogen) atoms. The Hall–Kier alpha value is -5.08. The molecule has 1 aliphatic heterocycles. The molecule has 0 spiro atoms. The Labute approximate surface area is 242 Å². The van der Waals surface area contributed by atoms with E-state index in [1.807, 2.05) is 0 Å². The lowest BCUT2D eigenvalue weighted by Crippen LogP contribution is -2.30. The largest absolute Gasteiger partial charge is 0.311 e. The molecule has 0 radical (unpaired) electrons. The second-order valence-electron chi connectivity index (χ2n) is 11.1. The van der Waals surface area contributed by atoms with E-state index in [-0.39, 0.29) is 5.41 Å². The van der Waals surface area contributed by atoms with Crippen LogP contribution in [0.4, 0.5) is 34.1 Å². The Bertz CT molecular complexity index is 1750. The minimum absolute atomic E-state index is 0.134. The van der Waals surface area contributed by atoms with Gasteiger partial charge in [0.1, 0.15) is 0 Å². The summed E-state index contributed by atoms with van der Waals surface area (Å²) in [6, 6.07) is 56.5. The zero-order chi connectivity index (χ0) is 27.8. The zero-order valence-corrected chi connectivity index (χ0v) is 23.4. The maximum Gasteiger partial charge on any atom is 0.0503 e. The molecule has 1 heterocycles. The van der Waals surface area contributed by atoms with Gasteiger partial charge in [-0.25, -0.2) is 0 Å². The van der Waals surface area contributed by atoms with E-state index < -0.39 is 0 Å². The van der Waals surface area contributed by atoms with Gasteiger partial charge in [0.15, 0.2) is 0 Å². The van der Waals surface area contributed by atoms with Crippen LogP contribution in [0.25, 0.3) is 11.1 Å². The van der Waals surface area contributed by atoms with Crippen molar-refractivity contribution < 1.29 is 0 Å². The molecule has 2 heteroatoms. The van der Waals surface area contributed by atoms with E-state index in [0.717, 1.165) is 17.1 Å². The third kappa shape index (κ3) is 4.38. The van der Waals surface area contributed by atoms with Crippen molar-refractivity contribution in [3.8, 4) is 11.1 Å². The summed E-state index contributed by atoms with van der Waals surface area (Å²) in [7, 11) is 0. The number of nitrogens with zero attached hydrogens (tertiary/aromatic N) is 2. The lowest BCUT2D eigenvalue weighted by atomic mass is 9.73. The van der Waals surface area contributed by atoms with Gasteiger partial charge < -0.3 is 9.80 Å². The van der Waals surface area contributed by atoms with Gasteiger partial charge in [-0.05, 0) is 89.0 Å². The van der Waals surface area contributed by atoms with Crippen LogP contribution < -0.4 is 9.80 Å². The van der Waals surface area contributed by atoms with E-state index in [0.29, 0.717) is 0 Å². The van der Waals surface area contributed by atoms with E-state index in [1.54, 1.807) is 0 Å². The molecular formula is C39H32N2. The fraction of sp³-hybridized carbons (Fsp3) is 0.0769. The molecule has 0 bridgehead atoms. The van der Waals surface area contributed by atoms with Gasteiger partial charge >= 0.3 is 0 Å². The van der Waals surface area contributed by atoms with E-state index in [9.17, 15) is 0 Å². The molecule has 0 atom stereocenters. The Morgan fingerprint density at radius 1 is 0.439 bits per heavy atom. The molecule has 0 saturated heterocycles. The Morgan fingerprint density at radius 2 is 0.927 bits per heavy atom. The van der Waals surface area contributed by atoms with Gasteiger partial charge in [0.25, 0.3) is 0 Å². The minimum Gasteiger partial charge on any atom is -0.311 e. The van der Waals surface area contributed by atoms with E-state index >= 15 is 0 Å². The van der Waals surface area contributed by atoms with Crippen molar-refractivity contribution in [2.24, 2.45) is 0 Å². The van der Waals surface area contributed by atoms with Crippen LogP contribution in [0.2, 0.25) is 0 Å². The second-order valence-corrected chi connectivity index (χ2v) is 11.1. The van der Waals surface area contributed by atoms with E-state index in [1.165, 1.54) is 39.3 Å². The fourth-order valence-corrected chi connectivity index (χ4v) is 6.14. The summed E-state index contributed by atoms with van der Waals surface area (Å²) in [6.07, 6.45) is 0. The Kier molecular flexibility index (Phi) is 6.17. The van der Waals surface area contributed by atoms with Gasteiger partial charge in [-0.3, -0.25) is 0 Å². The molecule has 0 aromatic heterocycles. The van der Waals surface area contributed by atoms with Gasteiger partial charge in [0.05, 0.1) is 11.4 Å². The Balaban J connectivity index is 1.31. The number of rotatable bonds is 5. The highest BCUT2D eigenvalue weighted by Crippen LogP contribution is 2.52. The van der Waals surface area contributed by atoms with E-state index in [4.69, 9.17) is 0 Å². The van der Waals surface area contributed by atoms with E-state index in [2.05, 4.69) is 181 Å². The summed E-state index contributed by atoms with van der Waals surface area (Å²) in [4.78, 5) is 4.70. The lowest BCUT2D eigenvalue weighted by molar-refractivity contribution is 0.632. The summed E-state index contributed by atoms with van der Waals surface area (Å²) in [6.45, 7) is 4.69. The average Bonchev–Trinajstić information content (AvgIpc) is 3.03. The van der Waals surface area contributed by atoms with Crippen LogP contribution in [0.1, 0.15) is 25.0 Å². The van der Waals surface area contributed by atoms with Crippen LogP contribution in [0.3, 0.4) is 0 Å². The smallest absolute Gasteiger partial charge is 0.0503 e. The first kappa shape index (κ1) is 24.9. The van der Waals surface area contributed by atoms with Crippen LogP contribution in [0.15, 0.2) is 158 Å². The van der Waals surface area contributed by atoms with Gasteiger partial charge in [0, 0.05) is 28.2 Å². The molecule has 0 saturated carbocycles. The van der Waals surface area contributed by atoms with Gasteiger partial charge in [-0.15, -0.1) is 0 Å².